The van der Waals surface area contributed by atoms with Gasteiger partial charge in [-0.05, 0) is 78.9 Å². The minimum absolute atomic E-state index is 0.0682. The Labute approximate surface area is 165 Å². The number of nitrogens with zero attached hydrogens (tertiary/aromatic N) is 1. The van der Waals surface area contributed by atoms with Crippen LogP contribution in [-0.2, 0) is 0 Å². The highest BCUT2D eigenvalue weighted by Crippen LogP contribution is 2.71. The molecule has 3 nitrogen and oxygen atoms in total. The van der Waals surface area contributed by atoms with Crippen molar-refractivity contribution in [3.63, 3.8) is 0 Å². The van der Waals surface area contributed by atoms with Gasteiger partial charge in [-0.25, -0.2) is 0 Å². The maximum atomic E-state index is 11.6. The Balaban J connectivity index is 1.73. The van der Waals surface area contributed by atoms with Crippen LogP contribution in [0.4, 0.5) is 0 Å². The molecule has 3 heteroatoms. The van der Waals surface area contributed by atoms with Crippen molar-refractivity contribution in [1.82, 2.24) is 0 Å². The maximum Gasteiger partial charge on any atom is 0.0728 e. The van der Waals surface area contributed by atoms with Crippen molar-refractivity contribution < 1.29 is 10.2 Å². The van der Waals surface area contributed by atoms with E-state index in [9.17, 15) is 15.5 Å². The third-order valence-electron chi connectivity index (χ3n) is 10.3. The van der Waals surface area contributed by atoms with Crippen molar-refractivity contribution in [1.29, 1.82) is 5.26 Å². The van der Waals surface area contributed by atoms with Gasteiger partial charge in [0.1, 0.15) is 0 Å². The van der Waals surface area contributed by atoms with Gasteiger partial charge in [-0.1, -0.05) is 40.5 Å². The van der Waals surface area contributed by atoms with E-state index >= 15 is 0 Å². The van der Waals surface area contributed by atoms with Gasteiger partial charge in [-0.2, -0.15) is 5.26 Å². The molecule has 4 saturated carbocycles. The van der Waals surface area contributed by atoms with Gasteiger partial charge < -0.3 is 10.2 Å². The average molecular weight is 374 g/mol. The number of aliphatic hydroxyl groups excluding tert-OH is 1. The second-order valence-corrected chi connectivity index (χ2v) is 11.0. The molecule has 0 aromatic rings. The van der Waals surface area contributed by atoms with Crippen LogP contribution in [0.1, 0.15) is 85.5 Å². The number of hydrogen-bond acceptors (Lipinski definition) is 3. The van der Waals surface area contributed by atoms with Gasteiger partial charge in [0.25, 0.3) is 0 Å². The fraction of sp³-hybridized carbons (Fsp3) is 0.958. The molecule has 27 heavy (non-hydrogen) atoms. The molecule has 0 saturated heterocycles. The SMILES string of the molecule is CCC1C(CC)[C@H]2[C@@H]3CCC4(O)CC(O)CC[C@]4(C)[C@@H]3CC[C@]2(C)C1C#N. The normalized spacial score (nSPS) is 57.3. The van der Waals surface area contributed by atoms with Crippen molar-refractivity contribution in [3.05, 3.63) is 0 Å². The largest absolute Gasteiger partial charge is 0.393 e. The standard InChI is InChI=1S/C24H39NO2/c1-5-16-17(6-2)21-18-8-12-24(27)13-15(26)7-11-23(24,4)19(18)9-10-22(21,3)20(16)14-25/h15-21,26-27H,5-13H2,1-4H3/t15?,16?,17?,18-,19-,20?,21+,22-,23-,24?/m1/s1. The summed E-state index contributed by atoms with van der Waals surface area (Å²) in [6.07, 6.45) is 8.50. The monoisotopic (exact) mass is 373 g/mol. The Hall–Kier alpha value is -0.590. The Morgan fingerprint density at radius 3 is 2.33 bits per heavy atom. The van der Waals surface area contributed by atoms with E-state index in [-0.39, 0.29) is 22.9 Å². The first-order chi connectivity index (χ1) is 12.8. The maximum absolute atomic E-state index is 11.6. The van der Waals surface area contributed by atoms with E-state index < -0.39 is 5.60 Å². The van der Waals surface area contributed by atoms with Crippen LogP contribution in [0.2, 0.25) is 0 Å². The number of nitriles is 1. The summed E-state index contributed by atoms with van der Waals surface area (Å²) < 4.78 is 0. The van der Waals surface area contributed by atoms with Gasteiger partial charge in [-0.3, -0.25) is 0 Å². The van der Waals surface area contributed by atoms with Crippen molar-refractivity contribution in [2.45, 2.75) is 97.2 Å². The van der Waals surface area contributed by atoms with Gasteiger partial charge in [0.15, 0.2) is 0 Å². The minimum atomic E-state index is -0.696. The van der Waals surface area contributed by atoms with Crippen LogP contribution in [0, 0.1) is 57.7 Å². The van der Waals surface area contributed by atoms with E-state index in [0.717, 1.165) is 44.9 Å². The first-order valence-electron chi connectivity index (χ1n) is 11.6. The van der Waals surface area contributed by atoms with E-state index in [1.54, 1.807) is 0 Å². The van der Waals surface area contributed by atoms with Gasteiger partial charge in [0, 0.05) is 6.42 Å². The third-order valence-corrected chi connectivity index (χ3v) is 10.3. The highest BCUT2D eigenvalue weighted by Gasteiger charge is 2.67. The van der Waals surface area contributed by atoms with E-state index in [4.69, 9.17) is 0 Å². The fourth-order valence-electron chi connectivity index (χ4n) is 9.02. The molecule has 0 spiro atoms. The number of aliphatic hydroxyl groups is 2. The summed E-state index contributed by atoms with van der Waals surface area (Å²) in [7, 11) is 0. The molecular formula is C24H39NO2. The summed E-state index contributed by atoms with van der Waals surface area (Å²) in [6, 6.07) is 2.76. The summed E-state index contributed by atoms with van der Waals surface area (Å²) in [5, 5.41) is 31.9. The lowest BCUT2D eigenvalue weighted by Crippen LogP contribution is -2.63. The predicted octanol–water partition coefficient (Wildman–Crippen LogP) is 4.92. The minimum Gasteiger partial charge on any atom is -0.393 e. The van der Waals surface area contributed by atoms with Crippen LogP contribution in [-0.4, -0.2) is 21.9 Å². The lowest BCUT2D eigenvalue weighted by Gasteiger charge is -2.64. The van der Waals surface area contributed by atoms with Crippen LogP contribution >= 0.6 is 0 Å². The predicted molar refractivity (Wildman–Crippen MR) is 107 cm³/mol. The molecule has 0 aromatic heterocycles. The first-order valence-corrected chi connectivity index (χ1v) is 11.6. The van der Waals surface area contributed by atoms with Gasteiger partial charge in [0.05, 0.1) is 23.7 Å². The van der Waals surface area contributed by atoms with Gasteiger partial charge in [-0.15, -0.1) is 0 Å². The average Bonchev–Trinajstić information content (AvgIpc) is 2.89. The summed E-state index contributed by atoms with van der Waals surface area (Å²) in [4.78, 5) is 0. The van der Waals surface area contributed by atoms with E-state index in [2.05, 4.69) is 33.8 Å². The van der Waals surface area contributed by atoms with Crippen LogP contribution in [0.25, 0.3) is 0 Å². The van der Waals surface area contributed by atoms with Crippen molar-refractivity contribution >= 4 is 0 Å². The molecule has 0 aliphatic heterocycles. The molecule has 10 atom stereocenters. The summed E-state index contributed by atoms with van der Waals surface area (Å²) in [5.41, 5.74) is -0.614. The topological polar surface area (TPSA) is 64.2 Å². The molecule has 0 bridgehead atoms. The lowest BCUT2D eigenvalue weighted by molar-refractivity contribution is -0.221. The molecule has 4 fully saturated rings. The van der Waals surface area contributed by atoms with Gasteiger partial charge >= 0.3 is 0 Å². The second-order valence-electron chi connectivity index (χ2n) is 11.0. The van der Waals surface area contributed by atoms with Crippen LogP contribution < -0.4 is 0 Å². The van der Waals surface area contributed by atoms with E-state index in [1.165, 1.54) is 6.42 Å². The van der Waals surface area contributed by atoms with Crippen LogP contribution in [0.15, 0.2) is 0 Å². The molecular weight excluding hydrogens is 334 g/mol. The summed E-state index contributed by atoms with van der Waals surface area (Å²) >= 11 is 0. The Bertz CT molecular complexity index is 628. The molecule has 152 valence electrons. The smallest absolute Gasteiger partial charge is 0.0728 e. The molecule has 0 radical (unpaired) electrons. The molecule has 0 amide bonds. The zero-order valence-electron chi connectivity index (χ0n) is 17.7. The summed E-state index contributed by atoms with van der Waals surface area (Å²) in [6.45, 7) is 9.36. The Morgan fingerprint density at radius 2 is 1.70 bits per heavy atom. The van der Waals surface area contributed by atoms with Crippen molar-refractivity contribution in [2.75, 3.05) is 0 Å². The second kappa shape index (κ2) is 6.46. The molecule has 0 aromatic carbocycles. The van der Waals surface area contributed by atoms with Crippen molar-refractivity contribution in [3.8, 4) is 6.07 Å². The molecule has 4 rings (SSSR count). The quantitative estimate of drug-likeness (QED) is 0.722. The van der Waals surface area contributed by atoms with Gasteiger partial charge in [0.2, 0.25) is 0 Å². The molecule has 4 aliphatic rings. The first kappa shape index (κ1) is 19.7. The number of rotatable bonds is 2. The van der Waals surface area contributed by atoms with Crippen molar-refractivity contribution in [2.24, 2.45) is 46.3 Å². The highest BCUT2D eigenvalue weighted by molar-refractivity contribution is 5.19. The number of hydrogen-bond donors (Lipinski definition) is 2. The molecule has 4 aliphatic carbocycles. The Morgan fingerprint density at radius 1 is 1.00 bits per heavy atom. The van der Waals surface area contributed by atoms with E-state index in [0.29, 0.717) is 36.0 Å². The molecule has 5 unspecified atom stereocenters. The third kappa shape index (κ3) is 2.45. The fourth-order valence-corrected chi connectivity index (χ4v) is 9.02. The van der Waals surface area contributed by atoms with Crippen LogP contribution in [0.3, 0.4) is 0 Å². The molecule has 0 heterocycles. The zero-order valence-corrected chi connectivity index (χ0v) is 17.7. The number of fused-ring (bicyclic) bond motifs is 5. The summed E-state index contributed by atoms with van der Waals surface area (Å²) in [5.74, 6) is 3.20. The molecule has 2 N–H and O–H groups in total. The Kier molecular flexibility index (Phi) is 4.72. The lowest BCUT2D eigenvalue weighted by atomic mass is 9.42. The van der Waals surface area contributed by atoms with E-state index in [1.807, 2.05) is 0 Å². The highest BCUT2D eigenvalue weighted by atomic mass is 16.3. The van der Waals surface area contributed by atoms with Crippen LogP contribution in [0.5, 0.6) is 0 Å². The zero-order chi connectivity index (χ0) is 19.6.